The summed E-state index contributed by atoms with van der Waals surface area (Å²) in [5.41, 5.74) is 6.53. The van der Waals surface area contributed by atoms with Crippen LogP contribution >= 0.6 is 11.3 Å². The van der Waals surface area contributed by atoms with E-state index < -0.39 is 0 Å². The summed E-state index contributed by atoms with van der Waals surface area (Å²) in [4.78, 5) is 7.13. The predicted molar refractivity (Wildman–Crippen MR) is 120 cm³/mol. The van der Waals surface area contributed by atoms with Crippen molar-refractivity contribution in [3.8, 4) is 16.9 Å². The minimum Gasteiger partial charge on any atom is -0.372 e. The molecule has 4 aromatic rings. The summed E-state index contributed by atoms with van der Waals surface area (Å²) in [6, 6.07) is 14.7. The highest BCUT2D eigenvalue weighted by atomic mass is 32.1. The molecule has 29 heavy (non-hydrogen) atoms. The Bertz CT molecular complexity index is 1070. The number of thiazole rings is 1. The number of nitrogens with zero attached hydrogens (tertiary/aromatic N) is 5. The lowest BCUT2D eigenvalue weighted by atomic mass is 10.1. The van der Waals surface area contributed by atoms with Gasteiger partial charge in [-0.05, 0) is 50.6 Å². The molecule has 1 N–H and O–H groups in total. The van der Waals surface area contributed by atoms with Crippen molar-refractivity contribution in [1.82, 2.24) is 20.0 Å². The second-order valence-corrected chi connectivity index (χ2v) is 7.59. The van der Waals surface area contributed by atoms with Crippen molar-refractivity contribution in [2.45, 2.75) is 20.8 Å². The summed E-state index contributed by atoms with van der Waals surface area (Å²) in [7, 11) is 0. The predicted octanol–water partition coefficient (Wildman–Crippen LogP) is 5.29. The largest absolute Gasteiger partial charge is 0.372 e. The van der Waals surface area contributed by atoms with Crippen molar-refractivity contribution >= 4 is 27.8 Å². The van der Waals surface area contributed by atoms with E-state index >= 15 is 0 Å². The lowest BCUT2D eigenvalue weighted by Crippen LogP contribution is -2.21. The van der Waals surface area contributed by atoms with Crippen molar-refractivity contribution in [3.63, 3.8) is 0 Å². The Hall–Kier alpha value is -3.19. The van der Waals surface area contributed by atoms with Crippen molar-refractivity contribution in [3.05, 3.63) is 65.8 Å². The molecule has 0 saturated carbocycles. The number of hydrogen-bond donors (Lipinski definition) is 1. The zero-order valence-electron chi connectivity index (χ0n) is 16.8. The highest BCUT2D eigenvalue weighted by Gasteiger charge is 2.09. The maximum atomic E-state index is 4.78. The summed E-state index contributed by atoms with van der Waals surface area (Å²) in [5, 5.41) is 14.3. The Morgan fingerprint density at radius 1 is 1.07 bits per heavy atom. The molecule has 0 radical (unpaired) electrons. The molecule has 0 fully saturated rings. The van der Waals surface area contributed by atoms with Crippen LogP contribution in [0.25, 0.3) is 16.9 Å². The normalized spacial score (nSPS) is 10.9. The van der Waals surface area contributed by atoms with E-state index in [-0.39, 0.29) is 0 Å². The van der Waals surface area contributed by atoms with Crippen molar-refractivity contribution in [1.29, 1.82) is 0 Å². The van der Waals surface area contributed by atoms with Crippen LogP contribution in [-0.4, -0.2) is 33.1 Å². The van der Waals surface area contributed by atoms with E-state index in [1.165, 1.54) is 11.3 Å². The standard InChI is InChI=1S/C22H24N6S/c1-4-27(5-2)19-9-6-16(3)20(14-19)24-22-25-21(15-29-22)17-7-10-18(11-8-17)28-13-12-23-26-28/h6-15H,4-5H2,1-3H3,(H,24,25). The molecule has 4 rings (SSSR count). The molecular formula is C22H24N6S. The molecule has 0 aliphatic carbocycles. The number of benzene rings is 2. The molecule has 2 aromatic carbocycles. The Morgan fingerprint density at radius 3 is 2.55 bits per heavy atom. The molecule has 0 bridgehead atoms. The summed E-state index contributed by atoms with van der Waals surface area (Å²) >= 11 is 1.61. The highest BCUT2D eigenvalue weighted by Crippen LogP contribution is 2.30. The SMILES string of the molecule is CCN(CC)c1ccc(C)c(Nc2nc(-c3ccc(-n4ccnn4)cc3)cs2)c1. The van der Waals surface area contributed by atoms with Gasteiger partial charge in [-0.25, -0.2) is 9.67 Å². The van der Waals surface area contributed by atoms with Gasteiger partial charge in [0.1, 0.15) is 0 Å². The second-order valence-electron chi connectivity index (χ2n) is 6.73. The number of aryl methyl sites for hydroxylation is 1. The first-order chi connectivity index (χ1) is 14.2. The minimum atomic E-state index is 0.889. The molecule has 6 nitrogen and oxygen atoms in total. The fourth-order valence-corrected chi connectivity index (χ4v) is 3.97. The van der Waals surface area contributed by atoms with Gasteiger partial charge >= 0.3 is 0 Å². The monoisotopic (exact) mass is 404 g/mol. The third-order valence-corrected chi connectivity index (χ3v) is 5.70. The first-order valence-electron chi connectivity index (χ1n) is 9.73. The van der Waals surface area contributed by atoms with Gasteiger partial charge in [0.05, 0.1) is 23.8 Å². The number of hydrogen-bond acceptors (Lipinski definition) is 6. The molecule has 0 aliphatic rings. The molecule has 0 aliphatic heterocycles. The van der Waals surface area contributed by atoms with Crippen LogP contribution in [0, 0.1) is 6.92 Å². The Balaban J connectivity index is 1.53. The number of anilines is 3. The van der Waals surface area contributed by atoms with Crippen LogP contribution in [0.3, 0.4) is 0 Å². The molecule has 2 heterocycles. The number of nitrogens with one attached hydrogen (secondary N) is 1. The van der Waals surface area contributed by atoms with Crippen LogP contribution in [-0.2, 0) is 0 Å². The Kier molecular flexibility index (Phi) is 5.57. The van der Waals surface area contributed by atoms with E-state index in [2.05, 4.69) is 77.0 Å². The lowest BCUT2D eigenvalue weighted by molar-refractivity contribution is 0.803. The van der Waals surface area contributed by atoms with Crippen molar-refractivity contribution < 1.29 is 0 Å². The van der Waals surface area contributed by atoms with Gasteiger partial charge < -0.3 is 10.2 Å². The van der Waals surface area contributed by atoms with E-state index in [0.29, 0.717) is 0 Å². The average molecular weight is 405 g/mol. The van der Waals surface area contributed by atoms with Crippen LogP contribution in [0.4, 0.5) is 16.5 Å². The number of aromatic nitrogens is 4. The first kappa shape index (κ1) is 19.1. The van der Waals surface area contributed by atoms with E-state index in [0.717, 1.165) is 40.9 Å². The van der Waals surface area contributed by atoms with Crippen molar-refractivity contribution in [2.24, 2.45) is 0 Å². The quantitative estimate of drug-likeness (QED) is 0.454. The van der Waals surface area contributed by atoms with Crippen LogP contribution in [0.5, 0.6) is 0 Å². The molecule has 0 saturated heterocycles. The maximum absolute atomic E-state index is 4.78. The Morgan fingerprint density at radius 2 is 1.86 bits per heavy atom. The van der Waals surface area contributed by atoms with Gasteiger partial charge in [-0.3, -0.25) is 0 Å². The average Bonchev–Trinajstić information content (AvgIpc) is 3.44. The molecule has 0 unspecified atom stereocenters. The van der Waals surface area contributed by atoms with E-state index in [4.69, 9.17) is 4.98 Å². The number of rotatable bonds is 7. The van der Waals surface area contributed by atoms with Gasteiger partial charge in [0.25, 0.3) is 0 Å². The van der Waals surface area contributed by atoms with Crippen LogP contribution < -0.4 is 10.2 Å². The molecule has 0 amide bonds. The van der Waals surface area contributed by atoms with Crippen LogP contribution in [0.15, 0.2) is 60.2 Å². The topological polar surface area (TPSA) is 58.9 Å². The second kappa shape index (κ2) is 8.45. The first-order valence-corrected chi connectivity index (χ1v) is 10.6. The van der Waals surface area contributed by atoms with Gasteiger partial charge in [0.15, 0.2) is 5.13 Å². The lowest BCUT2D eigenvalue weighted by Gasteiger charge is -2.22. The third-order valence-electron chi connectivity index (χ3n) is 4.95. The Labute approximate surface area is 174 Å². The van der Waals surface area contributed by atoms with Gasteiger partial charge in [-0.1, -0.05) is 23.4 Å². The third kappa shape index (κ3) is 4.14. The van der Waals surface area contributed by atoms with Gasteiger partial charge in [0, 0.05) is 35.4 Å². The van der Waals surface area contributed by atoms with E-state index in [1.54, 1.807) is 22.2 Å². The molecule has 148 valence electrons. The van der Waals surface area contributed by atoms with E-state index in [9.17, 15) is 0 Å². The molecule has 2 aromatic heterocycles. The van der Waals surface area contributed by atoms with Gasteiger partial charge in [0.2, 0.25) is 0 Å². The van der Waals surface area contributed by atoms with Gasteiger partial charge in [-0.15, -0.1) is 16.4 Å². The zero-order valence-corrected chi connectivity index (χ0v) is 17.6. The van der Waals surface area contributed by atoms with Crippen molar-refractivity contribution in [2.75, 3.05) is 23.3 Å². The summed E-state index contributed by atoms with van der Waals surface area (Å²) in [6.45, 7) is 8.46. The van der Waals surface area contributed by atoms with Crippen LogP contribution in [0.1, 0.15) is 19.4 Å². The molecular weight excluding hydrogens is 380 g/mol. The zero-order chi connectivity index (χ0) is 20.2. The highest BCUT2D eigenvalue weighted by molar-refractivity contribution is 7.14. The maximum Gasteiger partial charge on any atom is 0.187 e. The molecule has 0 atom stereocenters. The minimum absolute atomic E-state index is 0.889. The summed E-state index contributed by atoms with van der Waals surface area (Å²) in [6.07, 6.45) is 3.50. The van der Waals surface area contributed by atoms with Gasteiger partial charge in [-0.2, -0.15) is 0 Å². The fourth-order valence-electron chi connectivity index (χ4n) is 3.24. The van der Waals surface area contributed by atoms with E-state index in [1.807, 2.05) is 18.3 Å². The fraction of sp³-hybridized carbons (Fsp3) is 0.227. The molecule has 7 heteroatoms. The summed E-state index contributed by atoms with van der Waals surface area (Å²) < 4.78 is 1.74. The molecule has 0 spiro atoms. The summed E-state index contributed by atoms with van der Waals surface area (Å²) in [5.74, 6) is 0. The van der Waals surface area contributed by atoms with Crippen LogP contribution in [0.2, 0.25) is 0 Å². The smallest absolute Gasteiger partial charge is 0.187 e.